The molecule has 1 aromatic carbocycles. The molecule has 2 aromatic heterocycles. The Bertz CT molecular complexity index is 750. The molecule has 0 atom stereocenters. The first kappa shape index (κ1) is 12.3. The van der Waals surface area contributed by atoms with Gasteiger partial charge in [0, 0.05) is 24.0 Å². The number of rotatable bonds is 3. The van der Waals surface area contributed by atoms with E-state index in [9.17, 15) is 4.79 Å². The van der Waals surface area contributed by atoms with Gasteiger partial charge in [0.05, 0.1) is 11.2 Å². The van der Waals surface area contributed by atoms with E-state index in [2.05, 4.69) is 15.4 Å². The predicted octanol–water partition coefficient (Wildman–Crippen LogP) is 2.38. The Morgan fingerprint density at radius 2 is 2.15 bits per heavy atom. The standard InChI is InChI=1S/C15H14N4O/c1-11-5-6-13(12-4-2-7-16-15(11)12)18-14(20)10-19-9-3-8-17-19/h2-9H,10H2,1H3,(H,18,20). The molecule has 0 aliphatic rings. The molecule has 100 valence electrons. The average Bonchev–Trinajstić information content (AvgIpc) is 2.95. The van der Waals surface area contributed by atoms with Crippen molar-refractivity contribution in [1.82, 2.24) is 14.8 Å². The molecular weight excluding hydrogens is 252 g/mol. The zero-order valence-corrected chi connectivity index (χ0v) is 11.1. The first-order valence-corrected chi connectivity index (χ1v) is 6.35. The van der Waals surface area contributed by atoms with Gasteiger partial charge in [0.2, 0.25) is 5.91 Å². The van der Waals surface area contributed by atoms with Gasteiger partial charge < -0.3 is 5.32 Å². The molecule has 3 aromatic rings. The van der Waals surface area contributed by atoms with Crippen LogP contribution >= 0.6 is 0 Å². The monoisotopic (exact) mass is 266 g/mol. The van der Waals surface area contributed by atoms with E-state index in [-0.39, 0.29) is 12.5 Å². The van der Waals surface area contributed by atoms with Crippen LogP contribution in [0.3, 0.4) is 0 Å². The van der Waals surface area contributed by atoms with Crippen LogP contribution in [0.4, 0.5) is 5.69 Å². The molecule has 5 heteroatoms. The fourth-order valence-corrected chi connectivity index (χ4v) is 2.15. The Labute approximate surface area is 116 Å². The van der Waals surface area contributed by atoms with Crippen LogP contribution in [-0.2, 0) is 11.3 Å². The van der Waals surface area contributed by atoms with Crippen LogP contribution in [0, 0.1) is 6.92 Å². The summed E-state index contributed by atoms with van der Waals surface area (Å²) >= 11 is 0. The Balaban J connectivity index is 1.87. The van der Waals surface area contributed by atoms with Crippen LogP contribution in [0.2, 0.25) is 0 Å². The topological polar surface area (TPSA) is 59.8 Å². The number of hydrogen-bond acceptors (Lipinski definition) is 3. The van der Waals surface area contributed by atoms with Crippen LogP contribution in [-0.4, -0.2) is 20.7 Å². The summed E-state index contributed by atoms with van der Waals surface area (Å²) in [7, 11) is 0. The fraction of sp³-hybridized carbons (Fsp3) is 0.133. The van der Waals surface area contributed by atoms with Crippen molar-refractivity contribution < 1.29 is 4.79 Å². The molecular formula is C15H14N4O. The maximum Gasteiger partial charge on any atom is 0.246 e. The van der Waals surface area contributed by atoms with Crippen LogP contribution < -0.4 is 5.32 Å². The van der Waals surface area contributed by atoms with Crippen molar-refractivity contribution >= 4 is 22.5 Å². The zero-order valence-electron chi connectivity index (χ0n) is 11.1. The summed E-state index contributed by atoms with van der Waals surface area (Å²) in [6, 6.07) is 9.47. The maximum absolute atomic E-state index is 12.0. The number of hydrogen-bond donors (Lipinski definition) is 1. The Morgan fingerprint density at radius 3 is 2.95 bits per heavy atom. The molecule has 0 saturated heterocycles. The number of benzene rings is 1. The molecule has 20 heavy (non-hydrogen) atoms. The second-order valence-corrected chi connectivity index (χ2v) is 4.58. The van der Waals surface area contributed by atoms with Crippen LogP contribution in [0.1, 0.15) is 5.56 Å². The molecule has 0 aliphatic carbocycles. The summed E-state index contributed by atoms with van der Waals surface area (Å²) in [5.74, 6) is -0.109. The van der Waals surface area contributed by atoms with Gasteiger partial charge in [-0.2, -0.15) is 5.10 Å². The number of aryl methyl sites for hydroxylation is 1. The second kappa shape index (κ2) is 5.13. The molecule has 5 nitrogen and oxygen atoms in total. The van der Waals surface area contributed by atoms with E-state index in [1.807, 2.05) is 31.2 Å². The lowest BCUT2D eigenvalue weighted by molar-refractivity contribution is -0.116. The highest BCUT2D eigenvalue weighted by molar-refractivity contribution is 6.01. The van der Waals surface area contributed by atoms with Gasteiger partial charge in [0.15, 0.2) is 0 Å². The van der Waals surface area contributed by atoms with Gasteiger partial charge in [-0.3, -0.25) is 14.5 Å². The van der Waals surface area contributed by atoms with Crippen LogP contribution in [0.5, 0.6) is 0 Å². The highest BCUT2D eigenvalue weighted by Crippen LogP contribution is 2.24. The summed E-state index contributed by atoms with van der Waals surface area (Å²) in [5.41, 5.74) is 2.77. The minimum atomic E-state index is -0.109. The number of carbonyl (C=O) groups excluding carboxylic acids is 1. The lowest BCUT2D eigenvalue weighted by atomic mass is 10.1. The van der Waals surface area contributed by atoms with E-state index in [4.69, 9.17) is 0 Å². The summed E-state index contributed by atoms with van der Waals surface area (Å²) in [6.45, 7) is 2.20. The Morgan fingerprint density at radius 1 is 1.25 bits per heavy atom. The van der Waals surface area contributed by atoms with Crippen molar-refractivity contribution in [2.45, 2.75) is 13.5 Å². The van der Waals surface area contributed by atoms with Gasteiger partial charge in [-0.05, 0) is 36.8 Å². The van der Waals surface area contributed by atoms with Crippen molar-refractivity contribution in [3.63, 3.8) is 0 Å². The van der Waals surface area contributed by atoms with Gasteiger partial charge in [0.25, 0.3) is 0 Å². The highest BCUT2D eigenvalue weighted by atomic mass is 16.2. The maximum atomic E-state index is 12.0. The normalized spacial score (nSPS) is 10.7. The van der Waals surface area contributed by atoms with E-state index in [0.29, 0.717) is 0 Å². The molecule has 0 radical (unpaired) electrons. The van der Waals surface area contributed by atoms with Crippen molar-refractivity contribution in [3.05, 3.63) is 54.5 Å². The van der Waals surface area contributed by atoms with Crippen molar-refractivity contribution in [3.8, 4) is 0 Å². The quantitative estimate of drug-likeness (QED) is 0.791. The molecule has 0 fully saturated rings. The predicted molar refractivity (Wildman–Crippen MR) is 77.3 cm³/mol. The number of aromatic nitrogens is 3. The number of fused-ring (bicyclic) bond motifs is 1. The van der Waals surface area contributed by atoms with Gasteiger partial charge in [0.1, 0.15) is 6.54 Å². The third kappa shape index (κ3) is 2.38. The van der Waals surface area contributed by atoms with Gasteiger partial charge in [-0.15, -0.1) is 0 Å². The van der Waals surface area contributed by atoms with Crippen LogP contribution in [0.15, 0.2) is 48.9 Å². The first-order chi connectivity index (χ1) is 9.74. The van der Waals surface area contributed by atoms with E-state index in [1.165, 1.54) is 0 Å². The molecule has 0 unspecified atom stereocenters. The van der Waals surface area contributed by atoms with E-state index >= 15 is 0 Å². The third-order valence-electron chi connectivity index (χ3n) is 3.11. The first-order valence-electron chi connectivity index (χ1n) is 6.35. The number of nitrogens with one attached hydrogen (secondary N) is 1. The average molecular weight is 266 g/mol. The van der Waals surface area contributed by atoms with Crippen LogP contribution in [0.25, 0.3) is 10.9 Å². The highest BCUT2D eigenvalue weighted by Gasteiger charge is 2.08. The Kier molecular flexibility index (Phi) is 3.16. The molecule has 0 saturated carbocycles. The SMILES string of the molecule is Cc1ccc(NC(=O)Cn2cccn2)c2cccnc12. The molecule has 1 N–H and O–H groups in total. The number of nitrogens with zero attached hydrogens (tertiary/aromatic N) is 3. The van der Waals surface area contributed by atoms with Gasteiger partial charge in [-0.25, -0.2) is 0 Å². The van der Waals surface area contributed by atoms with Crippen molar-refractivity contribution in [2.24, 2.45) is 0 Å². The lowest BCUT2D eigenvalue weighted by Gasteiger charge is -2.10. The minimum absolute atomic E-state index is 0.109. The minimum Gasteiger partial charge on any atom is -0.324 e. The molecule has 2 heterocycles. The van der Waals surface area contributed by atoms with E-state index in [0.717, 1.165) is 22.2 Å². The summed E-state index contributed by atoms with van der Waals surface area (Å²) in [4.78, 5) is 16.4. The molecule has 0 aliphatic heterocycles. The van der Waals surface area contributed by atoms with E-state index in [1.54, 1.807) is 29.3 Å². The summed E-state index contributed by atoms with van der Waals surface area (Å²) in [5, 5.41) is 7.87. The molecule has 0 spiro atoms. The lowest BCUT2D eigenvalue weighted by Crippen LogP contribution is -2.19. The molecule has 0 bridgehead atoms. The van der Waals surface area contributed by atoms with Crippen molar-refractivity contribution in [1.29, 1.82) is 0 Å². The fourth-order valence-electron chi connectivity index (χ4n) is 2.15. The summed E-state index contributed by atoms with van der Waals surface area (Å²) in [6.07, 6.45) is 5.16. The second-order valence-electron chi connectivity index (χ2n) is 4.58. The number of anilines is 1. The smallest absolute Gasteiger partial charge is 0.246 e. The number of carbonyl (C=O) groups is 1. The molecule has 3 rings (SSSR count). The number of pyridine rings is 1. The van der Waals surface area contributed by atoms with Crippen molar-refractivity contribution in [2.75, 3.05) is 5.32 Å². The molecule has 1 amide bonds. The van der Waals surface area contributed by atoms with E-state index < -0.39 is 0 Å². The zero-order chi connectivity index (χ0) is 13.9. The largest absolute Gasteiger partial charge is 0.324 e. The van der Waals surface area contributed by atoms with Gasteiger partial charge >= 0.3 is 0 Å². The Hall–Kier alpha value is -2.69. The number of amides is 1. The third-order valence-corrected chi connectivity index (χ3v) is 3.11. The van der Waals surface area contributed by atoms with Gasteiger partial charge in [-0.1, -0.05) is 6.07 Å². The summed E-state index contributed by atoms with van der Waals surface area (Å²) < 4.78 is 1.59.